The molecule has 36 heavy (non-hydrogen) atoms. The van der Waals surface area contributed by atoms with Crippen molar-refractivity contribution in [2.45, 2.75) is 18.8 Å². The molecular weight excluding hydrogens is 478 g/mol. The van der Waals surface area contributed by atoms with Crippen molar-refractivity contribution >= 4 is 45.6 Å². The monoisotopic (exact) mass is 495 g/mol. The first kappa shape index (κ1) is 20.8. The number of carbonyl (C=O) groups is 2. The van der Waals surface area contributed by atoms with Gasteiger partial charge < -0.3 is 10.6 Å². The molecule has 7 rings (SSSR count). The first-order valence-electron chi connectivity index (χ1n) is 11.5. The highest BCUT2D eigenvalue weighted by atomic mass is 35.5. The van der Waals surface area contributed by atoms with Gasteiger partial charge in [0, 0.05) is 33.6 Å². The number of carbonyl (C=O) groups excluding carboxylic acids is 2. The van der Waals surface area contributed by atoms with Crippen LogP contribution in [0.25, 0.3) is 22.1 Å². The van der Waals surface area contributed by atoms with E-state index in [9.17, 15) is 9.59 Å². The average Bonchev–Trinajstić information content (AvgIpc) is 3.26. The van der Waals surface area contributed by atoms with Crippen molar-refractivity contribution in [2.24, 2.45) is 0 Å². The number of halogens is 1. The third-order valence-electron chi connectivity index (χ3n) is 6.59. The van der Waals surface area contributed by atoms with Gasteiger partial charge in [-0.05, 0) is 49.2 Å². The molecule has 0 bridgehead atoms. The fourth-order valence-corrected chi connectivity index (χ4v) is 5.08. The molecule has 10 heteroatoms. The molecule has 0 spiro atoms. The molecule has 2 amide bonds. The Labute approximate surface area is 209 Å². The lowest BCUT2D eigenvalue weighted by Crippen LogP contribution is -2.14. The number of nitrogens with zero attached hydrogens (tertiary/aromatic N) is 5. The number of hydrogen-bond donors (Lipinski definition) is 2. The molecule has 2 aliphatic rings. The van der Waals surface area contributed by atoms with Crippen LogP contribution in [0.15, 0.2) is 67.1 Å². The molecule has 2 N–H and O–H groups in total. The zero-order valence-electron chi connectivity index (χ0n) is 18.8. The fourth-order valence-electron chi connectivity index (χ4n) is 4.82. The van der Waals surface area contributed by atoms with Crippen LogP contribution in [0.2, 0.25) is 5.02 Å². The normalized spacial score (nSPS) is 14.3. The van der Waals surface area contributed by atoms with Crippen molar-refractivity contribution in [3.05, 3.63) is 89.0 Å². The van der Waals surface area contributed by atoms with Gasteiger partial charge >= 0.3 is 0 Å². The molecule has 2 aromatic heterocycles. The van der Waals surface area contributed by atoms with Crippen molar-refractivity contribution in [2.75, 3.05) is 10.6 Å². The molecular formula is C26H18ClN7O2. The minimum absolute atomic E-state index is 0.108. The lowest BCUT2D eigenvalue weighted by atomic mass is 10.0. The highest BCUT2D eigenvalue weighted by Crippen LogP contribution is 2.44. The summed E-state index contributed by atoms with van der Waals surface area (Å²) in [6.45, 7) is 0. The molecule has 0 radical (unpaired) electrons. The molecule has 1 aliphatic carbocycles. The van der Waals surface area contributed by atoms with Crippen LogP contribution in [0, 0.1) is 0 Å². The molecule has 176 valence electrons. The largest absolute Gasteiger partial charge is 0.322 e. The Morgan fingerprint density at radius 3 is 2.61 bits per heavy atom. The fraction of sp³-hybridized carbons (Fsp3) is 0.115. The molecule has 3 heterocycles. The van der Waals surface area contributed by atoms with E-state index in [2.05, 4.69) is 25.9 Å². The van der Waals surface area contributed by atoms with Crippen molar-refractivity contribution in [1.82, 2.24) is 24.8 Å². The van der Waals surface area contributed by atoms with E-state index < -0.39 is 0 Å². The Balaban J connectivity index is 1.26. The van der Waals surface area contributed by atoms with Crippen molar-refractivity contribution in [3.63, 3.8) is 0 Å². The van der Waals surface area contributed by atoms with Crippen molar-refractivity contribution < 1.29 is 9.59 Å². The minimum atomic E-state index is -0.257. The first-order valence-corrected chi connectivity index (χ1v) is 11.9. The van der Waals surface area contributed by atoms with Gasteiger partial charge in [0.25, 0.3) is 11.8 Å². The summed E-state index contributed by atoms with van der Waals surface area (Å²) in [6.07, 6.45) is 6.73. The summed E-state index contributed by atoms with van der Waals surface area (Å²) in [5.74, 6) is -0.122. The SMILES string of the molecule is O=C(Nc1ccc(-n2nccn2)c(Cl)c1)c1cnn(-c2ccc3c4c(cccc24)C(=O)N3)c1C1CC1. The van der Waals surface area contributed by atoms with Crippen LogP contribution in [-0.2, 0) is 0 Å². The molecule has 0 unspecified atom stereocenters. The van der Waals surface area contributed by atoms with Gasteiger partial charge in [0.1, 0.15) is 5.69 Å². The van der Waals surface area contributed by atoms with Gasteiger partial charge in [-0.3, -0.25) is 9.59 Å². The number of anilines is 2. The van der Waals surface area contributed by atoms with Gasteiger partial charge in [0.15, 0.2) is 0 Å². The van der Waals surface area contributed by atoms with Crippen LogP contribution >= 0.6 is 11.6 Å². The van der Waals surface area contributed by atoms with Crippen LogP contribution in [0.1, 0.15) is 45.2 Å². The minimum Gasteiger partial charge on any atom is -0.322 e. The maximum absolute atomic E-state index is 13.4. The Morgan fingerprint density at radius 2 is 1.83 bits per heavy atom. The van der Waals surface area contributed by atoms with E-state index in [0.29, 0.717) is 27.5 Å². The second kappa shape index (κ2) is 7.76. The summed E-state index contributed by atoms with van der Waals surface area (Å²) >= 11 is 6.42. The third kappa shape index (κ3) is 3.20. The maximum Gasteiger partial charge on any atom is 0.259 e. The van der Waals surface area contributed by atoms with E-state index in [1.54, 1.807) is 36.8 Å². The van der Waals surface area contributed by atoms with E-state index in [0.717, 1.165) is 40.7 Å². The zero-order valence-corrected chi connectivity index (χ0v) is 19.5. The smallest absolute Gasteiger partial charge is 0.259 e. The summed E-state index contributed by atoms with van der Waals surface area (Å²) < 4.78 is 1.84. The number of benzene rings is 3. The van der Waals surface area contributed by atoms with Gasteiger partial charge in [-0.25, -0.2) is 4.68 Å². The summed E-state index contributed by atoms with van der Waals surface area (Å²) in [5.41, 5.74) is 4.84. The van der Waals surface area contributed by atoms with Crippen LogP contribution in [0.5, 0.6) is 0 Å². The molecule has 1 fully saturated rings. The molecule has 5 aromatic rings. The first-order chi connectivity index (χ1) is 17.6. The van der Waals surface area contributed by atoms with Crippen molar-refractivity contribution in [3.8, 4) is 11.4 Å². The van der Waals surface area contributed by atoms with E-state index in [1.165, 1.54) is 4.80 Å². The molecule has 0 saturated heterocycles. The van der Waals surface area contributed by atoms with Crippen LogP contribution in [-0.4, -0.2) is 36.6 Å². The molecule has 0 atom stereocenters. The van der Waals surface area contributed by atoms with Crippen molar-refractivity contribution in [1.29, 1.82) is 0 Å². The summed E-state index contributed by atoms with van der Waals surface area (Å²) in [6, 6.07) is 14.7. The number of rotatable bonds is 5. The van der Waals surface area contributed by atoms with Crippen LogP contribution < -0.4 is 10.6 Å². The van der Waals surface area contributed by atoms with E-state index in [4.69, 9.17) is 11.6 Å². The predicted octanol–water partition coefficient (Wildman–Crippen LogP) is 4.96. The maximum atomic E-state index is 13.4. The highest BCUT2D eigenvalue weighted by molar-refractivity contribution is 6.32. The number of amides is 2. The average molecular weight is 496 g/mol. The number of nitrogens with one attached hydrogen (secondary N) is 2. The quantitative estimate of drug-likeness (QED) is 0.358. The summed E-state index contributed by atoms with van der Waals surface area (Å²) in [7, 11) is 0. The van der Waals surface area contributed by atoms with Gasteiger partial charge in [-0.15, -0.1) is 0 Å². The lowest BCUT2D eigenvalue weighted by molar-refractivity contribution is 0.102. The van der Waals surface area contributed by atoms with Crippen LogP contribution in [0.4, 0.5) is 11.4 Å². The van der Waals surface area contributed by atoms with E-state index >= 15 is 0 Å². The zero-order chi connectivity index (χ0) is 24.4. The Bertz CT molecular complexity index is 1700. The summed E-state index contributed by atoms with van der Waals surface area (Å²) in [5, 5.41) is 20.9. The van der Waals surface area contributed by atoms with Gasteiger partial charge in [0.2, 0.25) is 0 Å². The second-order valence-electron chi connectivity index (χ2n) is 8.88. The topological polar surface area (TPSA) is 107 Å². The standard InChI is InChI=1S/C26H18ClN7O2/c27-19-12-15(6-8-22(19)34-28-10-11-29-34)31-26(36)18-13-30-33(24(18)14-4-5-14)21-9-7-20-23-16(21)2-1-3-17(23)25(35)32-20/h1-3,6-14H,4-5H2,(H,31,36)(H,32,35). The third-order valence-corrected chi connectivity index (χ3v) is 6.90. The Morgan fingerprint density at radius 1 is 1.03 bits per heavy atom. The number of aromatic nitrogens is 5. The van der Waals surface area contributed by atoms with E-state index in [-0.39, 0.29) is 17.7 Å². The Hall–Kier alpha value is -4.50. The predicted molar refractivity (Wildman–Crippen MR) is 135 cm³/mol. The molecule has 1 saturated carbocycles. The molecule has 3 aromatic carbocycles. The highest BCUT2D eigenvalue weighted by Gasteiger charge is 2.34. The van der Waals surface area contributed by atoms with Gasteiger partial charge in [-0.1, -0.05) is 23.7 Å². The van der Waals surface area contributed by atoms with Gasteiger partial charge in [0.05, 0.1) is 40.6 Å². The Kier molecular flexibility index (Phi) is 4.49. The number of hydrogen-bond acceptors (Lipinski definition) is 5. The lowest BCUT2D eigenvalue weighted by Gasteiger charge is -2.13. The van der Waals surface area contributed by atoms with Crippen LogP contribution in [0.3, 0.4) is 0 Å². The van der Waals surface area contributed by atoms with Gasteiger partial charge in [-0.2, -0.15) is 20.1 Å². The summed E-state index contributed by atoms with van der Waals surface area (Å²) in [4.78, 5) is 27.1. The molecule has 1 aliphatic heterocycles. The van der Waals surface area contributed by atoms with E-state index in [1.807, 2.05) is 35.0 Å². The molecule has 9 nitrogen and oxygen atoms in total. The second-order valence-corrected chi connectivity index (χ2v) is 9.29.